The van der Waals surface area contributed by atoms with E-state index in [1.807, 2.05) is 30.3 Å². The van der Waals surface area contributed by atoms with Gasteiger partial charge < -0.3 is 15.4 Å². The second kappa shape index (κ2) is 10.0. The molecule has 0 aliphatic rings. The molecule has 2 aromatic carbocycles. The minimum absolute atomic E-state index is 0.123. The van der Waals surface area contributed by atoms with Gasteiger partial charge in [-0.15, -0.1) is 0 Å². The van der Waals surface area contributed by atoms with Gasteiger partial charge in [-0.05, 0) is 23.8 Å². The van der Waals surface area contributed by atoms with Crippen molar-refractivity contribution in [3.8, 4) is 0 Å². The fraction of sp³-hybridized carbons (Fsp3) is 0.0952. The maximum atomic E-state index is 12.5. The average molecular weight is 430 g/mol. The van der Waals surface area contributed by atoms with Gasteiger partial charge in [-0.1, -0.05) is 59.6 Å². The SMILES string of the molecule is O=C(COCc1ccccc1)Nc1cc(NC(=O)c2c(Cl)cccc2Cl)ccn1. The van der Waals surface area contributed by atoms with Crippen molar-refractivity contribution in [1.29, 1.82) is 0 Å². The van der Waals surface area contributed by atoms with Crippen LogP contribution >= 0.6 is 23.2 Å². The molecule has 148 valence electrons. The summed E-state index contributed by atoms with van der Waals surface area (Å²) >= 11 is 12.1. The summed E-state index contributed by atoms with van der Waals surface area (Å²) in [6, 6.07) is 17.5. The third kappa shape index (κ3) is 6.02. The molecule has 0 spiro atoms. The van der Waals surface area contributed by atoms with Crippen LogP contribution in [-0.4, -0.2) is 23.4 Å². The van der Waals surface area contributed by atoms with Crippen molar-refractivity contribution in [3.63, 3.8) is 0 Å². The third-order valence-corrected chi connectivity index (χ3v) is 4.45. The number of rotatable bonds is 7. The van der Waals surface area contributed by atoms with Crippen LogP contribution in [0.2, 0.25) is 10.0 Å². The van der Waals surface area contributed by atoms with E-state index in [0.29, 0.717) is 12.3 Å². The summed E-state index contributed by atoms with van der Waals surface area (Å²) in [6.45, 7) is 0.207. The van der Waals surface area contributed by atoms with E-state index in [1.54, 1.807) is 24.3 Å². The molecule has 29 heavy (non-hydrogen) atoms. The fourth-order valence-electron chi connectivity index (χ4n) is 2.50. The molecule has 0 saturated carbocycles. The molecule has 0 aliphatic carbocycles. The molecule has 0 bridgehead atoms. The topological polar surface area (TPSA) is 80.3 Å². The Hall–Kier alpha value is -2.93. The fourth-order valence-corrected chi connectivity index (χ4v) is 3.07. The number of carbonyl (C=O) groups is 2. The Kier molecular flexibility index (Phi) is 7.19. The number of amides is 2. The largest absolute Gasteiger partial charge is 0.367 e. The normalized spacial score (nSPS) is 10.4. The lowest BCUT2D eigenvalue weighted by molar-refractivity contribution is -0.121. The van der Waals surface area contributed by atoms with E-state index in [-0.39, 0.29) is 33.9 Å². The summed E-state index contributed by atoms with van der Waals surface area (Å²) in [5.74, 6) is -0.539. The molecule has 1 aromatic heterocycles. The highest BCUT2D eigenvalue weighted by molar-refractivity contribution is 6.40. The van der Waals surface area contributed by atoms with E-state index in [1.165, 1.54) is 12.3 Å². The van der Waals surface area contributed by atoms with E-state index in [4.69, 9.17) is 27.9 Å². The smallest absolute Gasteiger partial charge is 0.258 e. The summed E-state index contributed by atoms with van der Waals surface area (Å²) < 4.78 is 5.39. The highest BCUT2D eigenvalue weighted by atomic mass is 35.5. The third-order valence-electron chi connectivity index (χ3n) is 3.82. The zero-order valence-corrected chi connectivity index (χ0v) is 16.7. The zero-order valence-electron chi connectivity index (χ0n) is 15.2. The highest BCUT2D eigenvalue weighted by Gasteiger charge is 2.15. The number of hydrogen-bond donors (Lipinski definition) is 2. The summed E-state index contributed by atoms with van der Waals surface area (Å²) in [6.07, 6.45) is 1.46. The van der Waals surface area contributed by atoms with Gasteiger partial charge in [-0.3, -0.25) is 9.59 Å². The lowest BCUT2D eigenvalue weighted by Crippen LogP contribution is -2.19. The van der Waals surface area contributed by atoms with Crippen molar-refractivity contribution in [2.75, 3.05) is 17.2 Å². The number of ether oxygens (including phenoxy) is 1. The van der Waals surface area contributed by atoms with Crippen LogP contribution in [0.15, 0.2) is 66.9 Å². The molecule has 0 unspecified atom stereocenters. The summed E-state index contributed by atoms with van der Waals surface area (Å²) in [5.41, 5.74) is 1.58. The maximum absolute atomic E-state index is 12.5. The van der Waals surface area contributed by atoms with Crippen molar-refractivity contribution < 1.29 is 14.3 Å². The molecule has 0 radical (unpaired) electrons. The van der Waals surface area contributed by atoms with Gasteiger partial charge in [0, 0.05) is 18.0 Å². The molecular weight excluding hydrogens is 413 g/mol. The molecule has 6 nitrogen and oxygen atoms in total. The van der Waals surface area contributed by atoms with Crippen molar-refractivity contribution in [3.05, 3.63) is 88.0 Å². The number of halogens is 2. The molecule has 2 N–H and O–H groups in total. The Morgan fingerprint density at radius 2 is 1.66 bits per heavy atom. The maximum Gasteiger partial charge on any atom is 0.258 e. The lowest BCUT2D eigenvalue weighted by atomic mass is 10.2. The van der Waals surface area contributed by atoms with E-state index < -0.39 is 5.91 Å². The molecule has 3 rings (SSSR count). The van der Waals surface area contributed by atoms with Gasteiger partial charge in [0.15, 0.2) is 0 Å². The van der Waals surface area contributed by atoms with E-state index >= 15 is 0 Å². The Labute approximate surface area is 177 Å². The Morgan fingerprint density at radius 1 is 0.931 bits per heavy atom. The van der Waals surface area contributed by atoms with Gasteiger partial charge >= 0.3 is 0 Å². The van der Waals surface area contributed by atoms with Crippen LogP contribution in [0.1, 0.15) is 15.9 Å². The van der Waals surface area contributed by atoms with Crippen molar-refractivity contribution in [2.45, 2.75) is 6.61 Å². The summed E-state index contributed by atoms with van der Waals surface area (Å²) in [5, 5.41) is 5.80. The predicted molar refractivity (Wildman–Crippen MR) is 113 cm³/mol. The van der Waals surface area contributed by atoms with Crippen LogP contribution in [0.5, 0.6) is 0 Å². The molecule has 2 amide bonds. The first-order chi connectivity index (χ1) is 14.0. The monoisotopic (exact) mass is 429 g/mol. The number of pyridine rings is 1. The quantitative estimate of drug-likeness (QED) is 0.565. The number of anilines is 2. The molecular formula is C21H17Cl2N3O3. The highest BCUT2D eigenvalue weighted by Crippen LogP contribution is 2.25. The van der Waals surface area contributed by atoms with Crippen LogP contribution in [0.4, 0.5) is 11.5 Å². The molecule has 0 fully saturated rings. The zero-order chi connectivity index (χ0) is 20.6. The first-order valence-electron chi connectivity index (χ1n) is 8.66. The van der Waals surface area contributed by atoms with Gasteiger partial charge in [-0.2, -0.15) is 0 Å². The first-order valence-corrected chi connectivity index (χ1v) is 9.41. The Morgan fingerprint density at radius 3 is 2.38 bits per heavy atom. The summed E-state index contributed by atoms with van der Waals surface area (Å²) in [4.78, 5) is 28.6. The lowest BCUT2D eigenvalue weighted by Gasteiger charge is -2.10. The van der Waals surface area contributed by atoms with Crippen LogP contribution < -0.4 is 10.6 Å². The van der Waals surface area contributed by atoms with E-state index in [2.05, 4.69) is 15.6 Å². The van der Waals surface area contributed by atoms with Crippen LogP contribution in [0.3, 0.4) is 0 Å². The number of benzene rings is 2. The molecule has 1 heterocycles. The van der Waals surface area contributed by atoms with Gasteiger partial charge in [0.2, 0.25) is 0 Å². The van der Waals surface area contributed by atoms with Crippen LogP contribution in [-0.2, 0) is 16.1 Å². The van der Waals surface area contributed by atoms with Crippen LogP contribution in [0.25, 0.3) is 0 Å². The Balaban J connectivity index is 1.56. The van der Waals surface area contributed by atoms with Crippen molar-refractivity contribution in [1.82, 2.24) is 4.98 Å². The van der Waals surface area contributed by atoms with Gasteiger partial charge in [0.05, 0.1) is 22.2 Å². The number of nitrogens with zero attached hydrogens (tertiary/aromatic N) is 1. The van der Waals surface area contributed by atoms with Gasteiger partial charge in [0.25, 0.3) is 11.8 Å². The van der Waals surface area contributed by atoms with Crippen LogP contribution in [0, 0.1) is 0 Å². The van der Waals surface area contributed by atoms with Gasteiger partial charge in [0.1, 0.15) is 12.4 Å². The number of hydrogen-bond acceptors (Lipinski definition) is 4. The van der Waals surface area contributed by atoms with Crippen molar-refractivity contribution in [2.24, 2.45) is 0 Å². The molecule has 3 aromatic rings. The van der Waals surface area contributed by atoms with Crippen molar-refractivity contribution >= 4 is 46.5 Å². The minimum atomic E-state index is -0.463. The Bertz CT molecular complexity index is 993. The number of aromatic nitrogens is 1. The van der Waals surface area contributed by atoms with Gasteiger partial charge in [-0.25, -0.2) is 4.98 Å². The average Bonchev–Trinajstić information content (AvgIpc) is 2.69. The second-order valence-electron chi connectivity index (χ2n) is 6.01. The molecule has 0 aliphatic heterocycles. The number of nitrogens with one attached hydrogen (secondary N) is 2. The first kappa shape index (κ1) is 20.8. The minimum Gasteiger partial charge on any atom is -0.367 e. The number of carbonyl (C=O) groups excluding carboxylic acids is 2. The predicted octanol–water partition coefficient (Wildman–Crippen LogP) is 4.80. The van der Waals surface area contributed by atoms with E-state index in [9.17, 15) is 9.59 Å². The second-order valence-corrected chi connectivity index (χ2v) is 6.82. The molecule has 0 atom stereocenters. The molecule has 8 heteroatoms. The standard InChI is InChI=1S/C21H17Cl2N3O3/c22-16-7-4-8-17(23)20(16)21(28)25-15-9-10-24-18(11-15)26-19(27)13-29-12-14-5-2-1-3-6-14/h1-11H,12-13H2,(H2,24,25,26,27,28). The summed E-state index contributed by atoms with van der Waals surface area (Å²) in [7, 11) is 0. The van der Waals surface area contributed by atoms with E-state index in [0.717, 1.165) is 5.56 Å². The molecule has 0 saturated heterocycles.